The van der Waals surface area contributed by atoms with Gasteiger partial charge in [-0.25, -0.2) is 8.42 Å². The van der Waals surface area contributed by atoms with Gasteiger partial charge in [0.25, 0.3) is 0 Å². The molecule has 4 aliphatic carbocycles. The van der Waals surface area contributed by atoms with E-state index in [9.17, 15) is 18.8 Å². The molecule has 0 saturated heterocycles. The van der Waals surface area contributed by atoms with Gasteiger partial charge in [0, 0.05) is 18.2 Å². The zero-order chi connectivity index (χ0) is 20.2. The van der Waals surface area contributed by atoms with Crippen molar-refractivity contribution in [1.29, 1.82) is 10.7 Å². The van der Waals surface area contributed by atoms with E-state index in [0.29, 0.717) is 29.6 Å². The maximum Gasteiger partial charge on any atom is 0.188 e. The van der Waals surface area contributed by atoms with Gasteiger partial charge in [0.15, 0.2) is 22.0 Å². The maximum atomic E-state index is 11.2. The molecule has 0 aromatic heterocycles. The molecule has 4 saturated carbocycles. The Hall–Kier alpha value is -2.11. The Morgan fingerprint density at radius 2 is 1.89 bits per heavy atom. The number of benzene rings is 1. The highest BCUT2D eigenvalue weighted by atomic mass is 32.2. The average molecular weight is 404 g/mol. The van der Waals surface area contributed by atoms with E-state index in [1.165, 1.54) is 4.90 Å². The minimum Gasteiger partial charge on any atom is -0.478 e. The zero-order valence-corrected chi connectivity index (χ0v) is 16.7. The summed E-state index contributed by atoms with van der Waals surface area (Å²) in [4.78, 5) is 1.50. The van der Waals surface area contributed by atoms with Gasteiger partial charge in [-0.15, -0.1) is 0 Å². The second kappa shape index (κ2) is 6.46. The number of aliphatic hydroxyl groups is 1. The number of ether oxygens (including phenoxy) is 1. The van der Waals surface area contributed by atoms with Gasteiger partial charge >= 0.3 is 0 Å². The quantitative estimate of drug-likeness (QED) is 0.337. The van der Waals surface area contributed by atoms with Crippen molar-refractivity contribution in [3.05, 3.63) is 29.8 Å². The van der Waals surface area contributed by atoms with Gasteiger partial charge in [-0.2, -0.15) is 5.26 Å². The van der Waals surface area contributed by atoms with E-state index in [1.54, 1.807) is 24.3 Å². The Kier molecular flexibility index (Phi) is 4.43. The molecule has 8 heteroatoms. The average Bonchev–Trinajstić information content (AvgIpc) is 2.58. The highest BCUT2D eigenvalue weighted by molar-refractivity contribution is 7.90. The number of nitriles is 1. The summed E-state index contributed by atoms with van der Waals surface area (Å²) in [7, 11) is -3.24. The monoisotopic (exact) mass is 403 g/mol. The van der Waals surface area contributed by atoms with E-state index in [4.69, 9.17) is 10.1 Å². The number of hydrogen-bond donors (Lipinski definition) is 2. The molecule has 0 amide bonds. The molecule has 7 nitrogen and oxygen atoms in total. The fraction of sp³-hybridized carbons (Fsp3) is 0.600. The lowest BCUT2D eigenvalue weighted by Gasteiger charge is -2.61. The van der Waals surface area contributed by atoms with Gasteiger partial charge in [0.1, 0.15) is 11.6 Å². The molecule has 4 aliphatic rings. The summed E-state index contributed by atoms with van der Waals surface area (Å²) in [5, 5.41) is 29.5. The molecular formula is C20H25N3O4S. The van der Waals surface area contributed by atoms with E-state index < -0.39 is 26.9 Å². The molecule has 4 fully saturated rings. The number of hydrogen-bond acceptors (Lipinski definition) is 6. The van der Waals surface area contributed by atoms with Crippen molar-refractivity contribution in [2.75, 3.05) is 12.2 Å². The third-order valence-corrected chi connectivity index (χ3v) is 6.91. The fourth-order valence-corrected chi connectivity index (χ4v) is 6.18. The van der Waals surface area contributed by atoms with Gasteiger partial charge in [-0.3, -0.25) is 10.3 Å². The van der Waals surface area contributed by atoms with E-state index in [2.05, 4.69) is 6.19 Å². The van der Waals surface area contributed by atoms with Gasteiger partial charge in [0.05, 0.1) is 11.1 Å². The van der Waals surface area contributed by atoms with Crippen molar-refractivity contribution in [3.8, 4) is 11.9 Å². The molecule has 150 valence electrons. The van der Waals surface area contributed by atoms with Crippen molar-refractivity contribution in [3.63, 3.8) is 0 Å². The Labute approximate surface area is 165 Å². The minimum atomic E-state index is -3.24. The van der Waals surface area contributed by atoms with Gasteiger partial charge in [-0.1, -0.05) is 0 Å². The van der Waals surface area contributed by atoms with Crippen LogP contribution in [0.5, 0.6) is 5.75 Å². The first-order valence-corrected chi connectivity index (χ1v) is 11.6. The summed E-state index contributed by atoms with van der Waals surface area (Å²) in [5.41, 5.74) is -0.616. The second-order valence-electron chi connectivity index (χ2n) is 8.91. The van der Waals surface area contributed by atoms with E-state index in [0.717, 1.165) is 38.4 Å². The van der Waals surface area contributed by atoms with Crippen LogP contribution in [-0.2, 0) is 9.84 Å². The lowest BCUT2D eigenvalue weighted by molar-refractivity contribution is -0.155. The fourth-order valence-electron chi connectivity index (χ4n) is 5.83. The van der Waals surface area contributed by atoms with E-state index in [1.807, 2.05) is 0 Å². The van der Waals surface area contributed by atoms with E-state index >= 15 is 0 Å². The predicted molar refractivity (Wildman–Crippen MR) is 103 cm³/mol. The van der Waals surface area contributed by atoms with Gasteiger partial charge in [-0.05, 0) is 68.2 Å². The minimum absolute atomic E-state index is 0.114. The highest BCUT2D eigenvalue weighted by Gasteiger charge is 2.60. The normalized spacial score (nSPS) is 33.3. The van der Waals surface area contributed by atoms with Crippen molar-refractivity contribution in [2.24, 2.45) is 11.8 Å². The Morgan fingerprint density at radius 3 is 2.39 bits per heavy atom. The molecule has 2 atom stereocenters. The van der Waals surface area contributed by atoms with Crippen LogP contribution in [0.2, 0.25) is 0 Å². The summed E-state index contributed by atoms with van der Waals surface area (Å²) in [5.74, 6) is 0.944. The molecule has 4 bridgehead atoms. The molecule has 1 aromatic carbocycles. The first-order chi connectivity index (χ1) is 13.1. The molecule has 0 spiro atoms. The zero-order valence-electron chi connectivity index (χ0n) is 15.9. The maximum absolute atomic E-state index is 11.2. The van der Waals surface area contributed by atoms with Crippen LogP contribution in [0.25, 0.3) is 0 Å². The summed E-state index contributed by atoms with van der Waals surface area (Å²) >= 11 is 0. The smallest absolute Gasteiger partial charge is 0.188 e. The van der Waals surface area contributed by atoms with Crippen LogP contribution in [0.1, 0.15) is 44.1 Å². The van der Waals surface area contributed by atoms with Crippen LogP contribution in [-0.4, -0.2) is 47.6 Å². The first kappa shape index (κ1) is 19.2. The SMILES string of the molecule is CS(=O)(=O)COc1ccc(C(=N)N(C#N)C23CC4CC(CC(O)(C4)C2)C3)cc1. The molecule has 0 radical (unpaired) electrons. The largest absolute Gasteiger partial charge is 0.478 e. The van der Waals surface area contributed by atoms with Crippen molar-refractivity contribution in [2.45, 2.75) is 49.7 Å². The molecular weight excluding hydrogens is 378 g/mol. The number of sulfone groups is 1. The van der Waals surface area contributed by atoms with Crippen LogP contribution >= 0.6 is 0 Å². The van der Waals surface area contributed by atoms with Crippen molar-refractivity contribution in [1.82, 2.24) is 4.90 Å². The highest BCUT2D eigenvalue weighted by Crippen LogP contribution is 2.59. The lowest BCUT2D eigenvalue weighted by Crippen LogP contribution is -2.65. The summed E-state index contributed by atoms with van der Waals surface area (Å²) in [6.45, 7) is 0. The lowest BCUT2D eigenvalue weighted by atomic mass is 9.50. The van der Waals surface area contributed by atoms with Gasteiger partial charge in [0.2, 0.25) is 0 Å². The molecule has 2 unspecified atom stereocenters. The molecule has 28 heavy (non-hydrogen) atoms. The first-order valence-electron chi connectivity index (χ1n) is 9.53. The molecule has 2 N–H and O–H groups in total. The van der Waals surface area contributed by atoms with Crippen LogP contribution in [0, 0.1) is 28.7 Å². The third kappa shape index (κ3) is 3.49. The molecule has 1 aromatic rings. The van der Waals surface area contributed by atoms with Crippen molar-refractivity contribution < 1.29 is 18.3 Å². The summed E-state index contributed by atoms with van der Waals surface area (Å²) < 4.78 is 27.7. The van der Waals surface area contributed by atoms with Crippen molar-refractivity contribution >= 4 is 15.7 Å². The molecule has 5 rings (SSSR count). The van der Waals surface area contributed by atoms with Crippen LogP contribution in [0.15, 0.2) is 24.3 Å². The van der Waals surface area contributed by atoms with Gasteiger partial charge < -0.3 is 9.84 Å². The number of nitrogens with one attached hydrogen (secondary N) is 1. The second-order valence-corrected chi connectivity index (χ2v) is 11.0. The Morgan fingerprint density at radius 1 is 1.29 bits per heavy atom. The molecule has 0 heterocycles. The summed E-state index contributed by atoms with van der Waals surface area (Å²) in [6.07, 6.45) is 8.28. The van der Waals surface area contributed by atoms with Crippen LogP contribution < -0.4 is 4.74 Å². The summed E-state index contributed by atoms with van der Waals surface area (Å²) in [6, 6.07) is 6.55. The predicted octanol–water partition coefficient (Wildman–Crippen LogP) is 2.26. The third-order valence-electron chi connectivity index (χ3n) is 6.36. The van der Waals surface area contributed by atoms with Crippen LogP contribution in [0.4, 0.5) is 0 Å². The number of nitrogens with zero attached hydrogens (tertiary/aromatic N) is 2. The molecule has 0 aliphatic heterocycles. The van der Waals surface area contributed by atoms with E-state index in [-0.39, 0.29) is 5.84 Å². The Balaban J connectivity index is 1.54. The van der Waals surface area contributed by atoms with Crippen LogP contribution in [0.3, 0.4) is 0 Å². The standard InChI is InChI=1S/C20H25N3O4S/c1-28(25,26)13-27-17-4-2-16(3-5-17)18(22)23(12-21)19-7-14-6-15(8-19)10-20(24,9-14)11-19/h2-5,14-15,22,24H,6-11,13H2,1H3. The number of rotatable bonds is 5. The topological polar surface area (TPSA) is 114 Å². The number of amidine groups is 1. The Bertz CT molecular complexity index is 921.